The van der Waals surface area contributed by atoms with Crippen molar-refractivity contribution in [3.8, 4) is 0 Å². The van der Waals surface area contributed by atoms with Crippen LogP contribution in [0.4, 0.5) is 4.39 Å². The third kappa shape index (κ3) is 19.2. The number of unbranched alkanes of at least 4 members (excludes halogenated alkanes) is 2. The number of nitrogens with zero attached hydrogens (tertiary/aromatic N) is 7. The lowest BCUT2D eigenvalue weighted by molar-refractivity contribution is -0.137. The Balaban J connectivity index is 0.000000987. The number of hydrogen-bond acceptors (Lipinski definition) is 11. The smallest absolute Gasteiger partial charge is 0.272 e. The topological polar surface area (TPSA) is 184 Å². The Kier molecular flexibility index (Phi) is 27.5. The van der Waals surface area contributed by atoms with Crippen LogP contribution in [0.3, 0.4) is 0 Å². The van der Waals surface area contributed by atoms with Crippen molar-refractivity contribution >= 4 is 40.3 Å². The number of nitrogens with one attached hydrogen (secondary N) is 3. The van der Waals surface area contributed by atoms with Crippen LogP contribution in [0.5, 0.6) is 0 Å². The molecule has 5 amide bonds. The van der Waals surface area contributed by atoms with Gasteiger partial charge >= 0.3 is 0 Å². The highest BCUT2D eigenvalue weighted by molar-refractivity contribution is 5.98. The van der Waals surface area contributed by atoms with Crippen molar-refractivity contribution in [1.82, 2.24) is 50.2 Å². The lowest BCUT2D eigenvalue weighted by Crippen LogP contribution is -2.57. The maximum absolute atomic E-state index is 15.1. The molecule has 1 aliphatic carbocycles. The number of rotatable bonds is 18. The number of hydrogen-bond donors (Lipinski definition) is 3. The van der Waals surface area contributed by atoms with E-state index in [-0.39, 0.29) is 46.6 Å². The molecule has 0 bridgehead atoms. The first-order valence-corrected chi connectivity index (χ1v) is 32.9. The van der Waals surface area contributed by atoms with Gasteiger partial charge in [0, 0.05) is 108 Å². The average molecular weight is 1190 g/mol. The summed E-state index contributed by atoms with van der Waals surface area (Å²) >= 11 is 0. The predicted octanol–water partition coefficient (Wildman–Crippen LogP) is 8.75. The Labute approximate surface area is 511 Å². The highest BCUT2D eigenvalue weighted by Gasteiger charge is 2.37. The molecule has 2 unspecified atom stereocenters. The summed E-state index contributed by atoms with van der Waals surface area (Å²) in [5.74, 6) is 0.150. The minimum absolute atomic E-state index is 0.0215. The van der Waals surface area contributed by atoms with Crippen LogP contribution in [0.15, 0.2) is 71.5 Å². The molecule has 1 saturated carbocycles. The summed E-state index contributed by atoms with van der Waals surface area (Å²) in [6, 6.07) is 18.9. The minimum Gasteiger partial charge on any atom is -0.381 e. The number of likely N-dealkylation sites (tertiary alicyclic amines) is 2. The highest BCUT2D eigenvalue weighted by atomic mass is 19.1. The molecular weight excluding hydrogens is 1090 g/mol. The van der Waals surface area contributed by atoms with Gasteiger partial charge in [-0.3, -0.25) is 38.6 Å². The van der Waals surface area contributed by atoms with Gasteiger partial charge in [-0.05, 0) is 105 Å². The van der Waals surface area contributed by atoms with E-state index in [1.807, 2.05) is 58.9 Å². The van der Waals surface area contributed by atoms with Crippen molar-refractivity contribution in [2.24, 2.45) is 17.8 Å². The average Bonchev–Trinajstić information content (AvgIpc) is 2.25. The van der Waals surface area contributed by atoms with Crippen LogP contribution in [-0.2, 0) is 25.5 Å². The Bertz CT molecular complexity index is 2830. The van der Waals surface area contributed by atoms with Gasteiger partial charge in [-0.25, -0.2) is 9.49 Å². The van der Waals surface area contributed by atoms with E-state index in [9.17, 15) is 28.8 Å². The van der Waals surface area contributed by atoms with E-state index < -0.39 is 17.8 Å². The van der Waals surface area contributed by atoms with Gasteiger partial charge in [0.05, 0.1) is 42.9 Å². The first-order chi connectivity index (χ1) is 41.8. The second-order valence-electron chi connectivity index (χ2n) is 24.3. The normalized spacial score (nSPS) is 19.4. The Morgan fingerprint density at radius 3 is 2.02 bits per heavy atom. The molecule has 3 aromatic carbocycles. The minimum atomic E-state index is -0.606. The van der Waals surface area contributed by atoms with E-state index in [0.717, 1.165) is 122 Å². The van der Waals surface area contributed by atoms with Gasteiger partial charge in [-0.1, -0.05) is 123 Å². The Hall–Kier alpha value is -6.08. The maximum atomic E-state index is 15.1. The molecule has 5 saturated heterocycles. The van der Waals surface area contributed by atoms with Crippen molar-refractivity contribution in [2.45, 2.75) is 143 Å². The zero-order valence-corrected chi connectivity index (χ0v) is 52.7. The zero-order valence-electron chi connectivity index (χ0n) is 52.7. The molecule has 86 heavy (non-hydrogen) atoms. The number of fused-ring (bicyclic) bond motifs is 1. The summed E-state index contributed by atoms with van der Waals surface area (Å²) < 4.78 is 20.4. The van der Waals surface area contributed by atoms with Gasteiger partial charge in [0.2, 0.25) is 17.7 Å². The van der Waals surface area contributed by atoms with Crippen LogP contribution in [0.1, 0.15) is 168 Å². The molecular formula is C68H101FN10O7. The largest absolute Gasteiger partial charge is 0.381 e. The number of H-pyrrole nitrogens is 1. The van der Waals surface area contributed by atoms with Crippen LogP contribution in [0, 0.1) is 23.6 Å². The monoisotopic (exact) mass is 1190 g/mol. The second kappa shape index (κ2) is 35.1. The van der Waals surface area contributed by atoms with Gasteiger partial charge in [0.25, 0.3) is 17.4 Å². The lowest BCUT2D eigenvalue weighted by atomic mass is 9.83. The molecule has 0 radical (unpaired) electrons. The number of carbonyl (C=O) groups excluding carboxylic acids is 5. The third-order valence-corrected chi connectivity index (χ3v) is 17.8. The van der Waals surface area contributed by atoms with E-state index in [1.165, 1.54) is 31.7 Å². The van der Waals surface area contributed by atoms with Crippen LogP contribution in [-0.4, -0.2) is 193 Å². The number of piperazine rings is 2. The zero-order chi connectivity index (χ0) is 61.4. The summed E-state index contributed by atoms with van der Waals surface area (Å²) in [5.41, 5.74) is 2.62. The number of benzene rings is 3. The summed E-state index contributed by atoms with van der Waals surface area (Å²) in [6.45, 7) is 23.8. The molecule has 3 N–H and O–H groups in total. The maximum Gasteiger partial charge on any atom is 0.272 e. The summed E-state index contributed by atoms with van der Waals surface area (Å²) in [4.78, 5) is 93.1. The van der Waals surface area contributed by atoms with Crippen LogP contribution < -0.4 is 16.2 Å². The lowest BCUT2D eigenvalue weighted by Gasteiger charge is -2.41. The summed E-state index contributed by atoms with van der Waals surface area (Å²) in [7, 11) is 0. The SMILES string of the molecule is CC.CCC.CCCCC.O=C(NC(C(=O)N1CCN(CC2CCN(CC(=O)N3CCN(C(=O)c4cc(Cc5n[nH]c(=O)c6ccccc56)ccc4F)CC3)CC2)CC1)C1CCCCC1)c1cccc(C2CCCN(C(=O)CNCC3COC3)C2)c1. The van der Waals surface area contributed by atoms with Gasteiger partial charge < -0.3 is 35.0 Å². The standard InChI is InChI=1S/C58H75FN10O7.C5H12.C3H8.C2H6/c59-50-16-15-41(31-51-47-13-4-5-14-48(47)56(73)63-62-51)30-49(50)57(74)67-28-26-66(27-29-67)53(71)37-64-20-17-40(18-21-64)35-65-22-24-68(25-23-65)58(75)54(43-8-2-1-3-9-43)61-55(72)45-11-6-10-44(32-45)46-12-7-19-69(36-46)52(70)34-60-33-42-38-76-39-42;1-3-5-4-2;1-3-2;1-2/h4-6,10-11,13-16,30,32,40,42-43,46,54,60H,1-3,7-9,12,17-29,31,33-39H2,(H,61,72)(H,63,73);3-5H2,1-2H3;3H2,1-2H3;1-2H3. The molecule has 10 rings (SSSR count). The van der Waals surface area contributed by atoms with Crippen LogP contribution in [0.25, 0.3) is 10.8 Å². The number of piperidine rings is 2. The van der Waals surface area contributed by atoms with Crippen LogP contribution in [0.2, 0.25) is 0 Å². The molecule has 5 aliphatic heterocycles. The fraction of sp³-hybridized carbons (Fsp3) is 0.632. The first kappa shape index (κ1) is 67.4. The molecule has 18 heteroatoms. The molecule has 0 spiro atoms. The Morgan fingerprint density at radius 2 is 1.36 bits per heavy atom. The van der Waals surface area contributed by atoms with E-state index in [0.29, 0.717) is 105 Å². The third-order valence-electron chi connectivity index (χ3n) is 17.8. The molecule has 6 aliphatic rings. The molecule has 6 heterocycles. The van der Waals surface area contributed by atoms with Gasteiger partial charge in [0.15, 0.2) is 0 Å². The first-order valence-electron chi connectivity index (χ1n) is 32.9. The van der Waals surface area contributed by atoms with Gasteiger partial charge in [0.1, 0.15) is 11.9 Å². The fourth-order valence-electron chi connectivity index (χ4n) is 12.7. The molecule has 17 nitrogen and oxygen atoms in total. The van der Waals surface area contributed by atoms with Gasteiger partial charge in [-0.15, -0.1) is 0 Å². The molecule has 4 aromatic rings. The van der Waals surface area contributed by atoms with E-state index in [4.69, 9.17) is 4.74 Å². The van der Waals surface area contributed by atoms with Crippen LogP contribution >= 0.6 is 0 Å². The van der Waals surface area contributed by atoms with E-state index in [1.54, 1.807) is 29.2 Å². The molecule has 2 atom stereocenters. The Morgan fingerprint density at radius 1 is 0.686 bits per heavy atom. The molecule has 1 aromatic heterocycles. The number of ether oxygens (including phenoxy) is 1. The summed E-state index contributed by atoms with van der Waals surface area (Å²) in [6.07, 6.45) is 14.6. The van der Waals surface area contributed by atoms with Crippen molar-refractivity contribution < 1.29 is 33.1 Å². The quantitative estimate of drug-likeness (QED) is 0.0866. The van der Waals surface area contributed by atoms with Crippen molar-refractivity contribution in [3.63, 3.8) is 0 Å². The fourth-order valence-corrected chi connectivity index (χ4v) is 12.7. The number of halogens is 1. The highest BCUT2D eigenvalue weighted by Crippen LogP contribution is 2.31. The van der Waals surface area contributed by atoms with Crippen molar-refractivity contribution in [3.05, 3.63) is 111 Å². The number of carbonyl (C=O) groups is 5. The predicted molar refractivity (Wildman–Crippen MR) is 339 cm³/mol. The number of amides is 5. The van der Waals surface area contributed by atoms with E-state index >= 15 is 4.39 Å². The number of aromatic amines is 1. The van der Waals surface area contributed by atoms with Crippen molar-refractivity contribution in [1.29, 1.82) is 0 Å². The second-order valence-corrected chi connectivity index (χ2v) is 24.3. The molecule has 472 valence electrons. The summed E-state index contributed by atoms with van der Waals surface area (Å²) in [5, 5.41) is 14.5. The molecule has 6 fully saturated rings. The van der Waals surface area contributed by atoms with Gasteiger partial charge in [-0.2, -0.15) is 5.10 Å². The van der Waals surface area contributed by atoms with E-state index in [2.05, 4.69) is 64.4 Å². The van der Waals surface area contributed by atoms with Crippen molar-refractivity contribution in [2.75, 3.05) is 118 Å². The number of aromatic nitrogens is 2.